The highest BCUT2D eigenvalue weighted by atomic mass is 32.2. The molecule has 1 aromatic carbocycles. The van der Waals surface area contributed by atoms with Crippen molar-refractivity contribution in [1.82, 2.24) is 42.1 Å². The second kappa shape index (κ2) is 26.8. The monoisotopic (exact) mass is 1010 g/mol. The Balaban J connectivity index is 2.09. The number of carbonyl (C=O) groups excluding carboxylic acids is 11. The first kappa shape index (κ1) is 57.5. The Morgan fingerprint density at radius 2 is 1.41 bits per heavy atom. The van der Waals surface area contributed by atoms with Gasteiger partial charge in [-0.1, -0.05) is 46.2 Å². The molecule has 0 spiro atoms. The van der Waals surface area contributed by atoms with Gasteiger partial charge in [0.05, 0.1) is 24.5 Å². The van der Waals surface area contributed by atoms with E-state index in [-0.39, 0.29) is 43.9 Å². The van der Waals surface area contributed by atoms with Crippen molar-refractivity contribution in [2.75, 3.05) is 24.6 Å². The molecule has 1 aromatic rings. The summed E-state index contributed by atoms with van der Waals surface area (Å²) >= 11 is 0. The first-order chi connectivity index (χ1) is 32.8. The molecule has 388 valence electrons. The molecule has 0 saturated carbocycles. The van der Waals surface area contributed by atoms with Crippen molar-refractivity contribution < 1.29 is 66.3 Å². The third-order valence-corrected chi connectivity index (χ3v) is 13.4. The number of rotatable bonds is 17. The number of phenolic OH excluding ortho intramolecular Hbond substituents is 1. The van der Waals surface area contributed by atoms with E-state index in [9.17, 15) is 66.3 Å². The number of nitrogens with zero attached hydrogens (tertiary/aromatic N) is 1. The van der Waals surface area contributed by atoms with Gasteiger partial charge in [0.1, 0.15) is 48.0 Å². The van der Waals surface area contributed by atoms with E-state index in [1.54, 1.807) is 27.7 Å². The second-order valence-electron chi connectivity index (χ2n) is 18.0. The van der Waals surface area contributed by atoms with E-state index in [0.29, 0.717) is 12.0 Å². The standard InChI is InChI=1S/C44H67N11O14S/c1-5-24(4)37-43(66)50-27(12-13-33(45)57)39(62)52-31(21-34(46)58)40(63)51-28(44(67)55-16-6-7-32(55)42(65)53-29(19-23(2)3)38(61)48-22-35(47)59)14-17-70(68,69)18-15-36(60)49-30(41(64)54-37)20-25-8-10-26(56)11-9-25/h8-11,23-24,27-32,37,56H,5-7,12-22H2,1-4H3,(H2,45,57)(H2,46,58)(H2,47,59)(H,48,61)(H,49,60)(H,50,66)(H,51,63)(H,52,62)(H,53,65)(H,54,64)/t24-,27-,28-,29-,30+,31-,32-,37-/m0/s1. The van der Waals surface area contributed by atoms with Crippen LogP contribution in [-0.4, -0.2) is 150 Å². The van der Waals surface area contributed by atoms with Gasteiger partial charge >= 0.3 is 0 Å². The van der Waals surface area contributed by atoms with Crippen LogP contribution in [0.15, 0.2) is 24.3 Å². The number of hydrogen-bond acceptors (Lipinski definition) is 14. The Hall–Kier alpha value is -6.86. The SMILES string of the molecule is CC[C@H](C)[C@@H]1NC(=O)[C@@H](Cc2ccc(O)cc2)NC(=O)CCS(=O)(=O)CC[C@@H](C(=O)N2CCC[C@H]2C(=O)N[C@@H](CC(C)C)C(=O)NCC(N)=O)NC(=O)[C@H](CC(N)=O)NC(=O)[C@H](CCC(N)=O)NC1=O. The number of nitrogens with two attached hydrogens (primary N) is 3. The minimum atomic E-state index is -4.28. The molecule has 2 saturated heterocycles. The van der Waals surface area contributed by atoms with Gasteiger partial charge in [0.25, 0.3) is 0 Å². The average Bonchev–Trinajstić information content (AvgIpc) is 3.78. The summed E-state index contributed by atoms with van der Waals surface area (Å²) in [6, 6.07) is -4.86. The van der Waals surface area contributed by atoms with Crippen LogP contribution >= 0.6 is 0 Å². The zero-order chi connectivity index (χ0) is 52.5. The first-order valence-corrected chi connectivity index (χ1v) is 24.8. The second-order valence-corrected chi connectivity index (χ2v) is 20.3. The maximum absolute atomic E-state index is 14.5. The lowest BCUT2D eigenvalue weighted by Gasteiger charge is -2.31. The van der Waals surface area contributed by atoms with Crippen LogP contribution in [0.4, 0.5) is 0 Å². The summed E-state index contributed by atoms with van der Waals surface area (Å²) < 4.78 is 27.2. The zero-order valence-electron chi connectivity index (χ0n) is 39.7. The van der Waals surface area contributed by atoms with Crippen molar-refractivity contribution >= 4 is 74.8 Å². The molecule has 2 fully saturated rings. The molecule has 11 amide bonds. The molecule has 14 N–H and O–H groups in total. The summed E-state index contributed by atoms with van der Waals surface area (Å²) in [5, 5.41) is 27.1. The van der Waals surface area contributed by atoms with Gasteiger partial charge in [-0.2, -0.15) is 0 Å². The fourth-order valence-corrected chi connectivity index (χ4v) is 9.04. The summed E-state index contributed by atoms with van der Waals surface area (Å²) in [4.78, 5) is 148. The topological polar surface area (TPSA) is 408 Å². The highest BCUT2D eigenvalue weighted by molar-refractivity contribution is 7.91. The lowest BCUT2D eigenvalue weighted by Crippen LogP contribution is -2.61. The van der Waals surface area contributed by atoms with Crippen LogP contribution in [0.25, 0.3) is 0 Å². The number of primary amides is 3. The van der Waals surface area contributed by atoms with Gasteiger partial charge in [0, 0.05) is 25.8 Å². The van der Waals surface area contributed by atoms with Crippen LogP contribution in [-0.2, 0) is 69.0 Å². The Kier molecular flexibility index (Phi) is 22.0. The lowest BCUT2D eigenvalue weighted by atomic mass is 9.96. The molecule has 70 heavy (non-hydrogen) atoms. The van der Waals surface area contributed by atoms with Crippen molar-refractivity contribution in [3.63, 3.8) is 0 Å². The van der Waals surface area contributed by atoms with Gasteiger partial charge < -0.3 is 64.4 Å². The van der Waals surface area contributed by atoms with E-state index in [2.05, 4.69) is 37.2 Å². The molecule has 0 aliphatic carbocycles. The molecule has 25 nitrogen and oxygen atoms in total. The maximum atomic E-state index is 14.5. The van der Waals surface area contributed by atoms with Crippen molar-refractivity contribution in [1.29, 1.82) is 0 Å². The van der Waals surface area contributed by atoms with Gasteiger partial charge in [-0.15, -0.1) is 0 Å². The Morgan fingerprint density at radius 1 is 0.786 bits per heavy atom. The molecular formula is C44H67N11O14S. The van der Waals surface area contributed by atoms with E-state index in [1.807, 2.05) is 0 Å². The summed E-state index contributed by atoms with van der Waals surface area (Å²) in [6.45, 7) is 6.29. The van der Waals surface area contributed by atoms with Crippen molar-refractivity contribution in [3.8, 4) is 5.75 Å². The minimum Gasteiger partial charge on any atom is -0.508 e. The lowest BCUT2D eigenvalue weighted by molar-refractivity contribution is -0.142. The molecule has 2 heterocycles. The fourth-order valence-electron chi connectivity index (χ4n) is 7.75. The predicted molar refractivity (Wildman–Crippen MR) is 249 cm³/mol. The molecule has 3 rings (SSSR count). The van der Waals surface area contributed by atoms with Crippen LogP contribution in [0.2, 0.25) is 0 Å². The van der Waals surface area contributed by atoms with Crippen molar-refractivity contribution in [2.24, 2.45) is 29.0 Å². The van der Waals surface area contributed by atoms with Crippen LogP contribution < -0.4 is 54.4 Å². The number of sulfone groups is 1. The molecule has 8 atom stereocenters. The summed E-state index contributed by atoms with van der Waals surface area (Å²) in [6.07, 6.45) is -2.60. The van der Waals surface area contributed by atoms with Gasteiger partial charge in [0.15, 0.2) is 9.84 Å². The molecular weight excluding hydrogens is 939 g/mol. The maximum Gasteiger partial charge on any atom is 0.245 e. The van der Waals surface area contributed by atoms with Gasteiger partial charge in [0.2, 0.25) is 65.0 Å². The van der Waals surface area contributed by atoms with E-state index in [1.165, 1.54) is 24.3 Å². The normalized spacial score (nSPS) is 23.8. The van der Waals surface area contributed by atoms with Crippen LogP contribution in [0.3, 0.4) is 0 Å². The fraction of sp³-hybridized carbons (Fsp3) is 0.614. The number of likely N-dealkylation sites (tertiary alicyclic amines) is 1. The van der Waals surface area contributed by atoms with Crippen LogP contribution in [0, 0.1) is 11.8 Å². The summed E-state index contributed by atoms with van der Waals surface area (Å²) in [5.41, 5.74) is 16.5. The Labute approximate surface area is 405 Å². The van der Waals surface area contributed by atoms with Gasteiger partial charge in [-0.25, -0.2) is 8.42 Å². The summed E-state index contributed by atoms with van der Waals surface area (Å²) in [7, 11) is -4.28. The number of aromatic hydroxyl groups is 1. The van der Waals surface area contributed by atoms with E-state index in [4.69, 9.17) is 17.2 Å². The first-order valence-electron chi connectivity index (χ1n) is 23.0. The molecule has 26 heteroatoms. The number of carbonyl (C=O) groups is 11. The quantitative estimate of drug-likeness (QED) is 0.0707. The van der Waals surface area contributed by atoms with E-state index in [0.717, 1.165) is 4.90 Å². The number of phenols is 1. The van der Waals surface area contributed by atoms with E-state index >= 15 is 0 Å². The molecule has 2 aliphatic heterocycles. The number of hydrogen-bond donors (Lipinski definition) is 11. The highest BCUT2D eigenvalue weighted by Gasteiger charge is 2.41. The number of benzene rings is 1. The molecule has 0 radical (unpaired) electrons. The third kappa shape index (κ3) is 18.6. The van der Waals surface area contributed by atoms with E-state index < -0.39 is 173 Å². The Bertz CT molecular complexity index is 2230. The van der Waals surface area contributed by atoms with Crippen LogP contribution in [0.1, 0.15) is 91.0 Å². The highest BCUT2D eigenvalue weighted by Crippen LogP contribution is 2.21. The van der Waals surface area contributed by atoms with Gasteiger partial charge in [-0.3, -0.25) is 52.7 Å². The zero-order valence-corrected chi connectivity index (χ0v) is 40.6. The van der Waals surface area contributed by atoms with Gasteiger partial charge in [-0.05, 0) is 61.6 Å². The number of amides is 11. The largest absolute Gasteiger partial charge is 0.508 e. The average molecular weight is 1010 g/mol. The predicted octanol–water partition coefficient (Wildman–Crippen LogP) is -4.12. The van der Waals surface area contributed by atoms with Crippen molar-refractivity contribution in [3.05, 3.63) is 29.8 Å². The Morgan fingerprint density at radius 3 is 2.01 bits per heavy atom. The molecule has 0 bridgehead atoms. The smallest absolute Gasteiger partial charge is 0.245 e. The third-order valence-electron chi connectivity index (χ3n) is 11.8. The molecule has 0 unspecified atom stereocenters. The van der Waals surface area contributed by atoms with Crippen LogP contribution in [0.5, 0.6) is 5.75 Å². The molecule has 2 aliphatic rings. The number of nitrogens with one attached hydrogen (secondary N) is 7. The minimum absolute atomic E-state index is 0.0713. The summed E-state index contributed by atoms with van der Waals surface area (Å²) in [5.74, 6) is -12.9. The van der Waals surface area contributed by atoms with Crippen molar-refractivity contribution in [2.45, 2.75) is 134 Å². The molecule has 0 aromatic heterocycles.